The van der Waals surface area contributed by atoms with Crippen molar-refractivity contribution >= 4 is 34.0 Å². The van der Waals surface area contributed by atoms with Gasteiger partial charge in [-0.2, -0.15) is 5.26 Å². The van der Waals surface area contributed by atoms with Crippen molar-refractivity contribution in [3.8, 4) is 34.7 Å². The van der Waals surface area contributed by atoms with Gasteiger partial charge in [-0.25, -0.2) is 0 Å². The van der Waals surface area contributed by atoms with Crippen molar-refractivity contribution in [1.82, 2.24) is 14.8 Å². The fourth-order valence-electron chi connectivity index (χ4n) is 4.73. The lowest BCUT2D eigenvalue weighted by Crippen LogP contribution is -2.26. The zero-order chi connectivity index (χ0) is 27.6. The van der Waals surface area contributed by atoms with Crippen LogP contribution in [0.2, 0.25) is 0 Å². The molecule has 0 aliphatic heterocycles. The number of rotatable bonds is 8. The predicted octanol–water partition coefficient (Wildman–Crippen LogP) is 5.32. The second-order valence-corrected chi connectivity index (χ2v) is 12.3. The molecule has 4 rings (SSSR count). The fraction of sp³-hybridized carbons (Fsp3) is 0.481. The van der Waals surface area contributed by atoms with Crippen LogP contribution in [0.25, 0.3) is 11.4 Å². The van der Waals surface area contributed by atoms with E-state index in [2.05, 4.69) is 42.4 Å². The maximum absolute atomic E-state index is 12.9. The summed E-state index contributed by atoms with van der Waals surface area (Å²) in [6.45, 7) is 6.79. The van der Waals surface area contributed by atoms with Gasteiger partial charge < -0.3 is 24.1 Å². The summed E-state index contributed by atoms with van der Waals surface area (Å²) in [7, 11) is 6.51. The quantitative estimate of drug-likeness (QED) is 0.372. The average molecular weight is 556 g/mol. The van der Waals surface area contributed by atoms with Crippen LogP contribution in [-0.2, 0) is 24.7 Å². The maximum atomic E-state index is 12.9. The second kappa shape index (κ2) is 11.3. The summed E-state index contributed by atoms with van der Waals surface area (Å²) in [6.07, 6.45) is 2.89. The molecule has 202 valence electrons. The molecule has 3 aromatic rings. The molecule has 1 N–H and O–H groups in total. The van der Waals surface area contributed by atoms with E-state index >= 15 is 0 Å². The lowest BCUT2D eigenvalue weighted by Gasteiger charge is -2.33. The minimum Gasteiger partial charge on any atom is -0.493 e. The number of ether oxygens (including phenoxy) is 3. The van der Waals surface area contributed by atoms with Crippen LogP contribution in [0.5, 0.6) is 17.2 Å². The third-order valence-corrected chi connectivity index (χ3v) is 9.13. The summed E-state index contributed by atoms with van der Waals surface area (Å²) >= 11 is 2.82. The number of hydrogen-bond donors (Lipinski definition) is 1. The molecule has 1 aliphatic carbocycles. The van der Waals surface area contributed by atoms with Gasteiger partial charge in [0.15, 0.2) is 22.5 Å². The Bertz CT molecular complexity index is 1360. The Balaban J connectivity index is 1.47. The van der Waals surface area contributed by atoms with Gasteiger partial charge >= 0.3 is 0 Å². The molecule has 0 bridgehead atoms. The van der Waals surface area contributed by atoms with Crippen molar-refractivity contribution in [2.75, 3.05) is 32.4 Å². The van der Waals surface area contributed by atoms with Crippen LogP contribution in [0.1, 0.15) is 43.2 Å². The van der Waals surface area contributed by atoms with Crippen molar-refractivity contribution in [2.24, 2.45) is 18.4 Å². The third-order valence-electron chi connectivity index (χ3n) is 6.94. The largest absolute Gasteiger partial charge is 0.493 e. The molecular weight excluding hydrogens is 522 g/mol. The van der Waals surface area contributed by atoms with Crippen molar-refractivity contribution < 1.29 is 19.0 Å². The highest BCUT2D eigenvalue weighted by Gasteiger charge is 2.32. The van der Waals surface area contributed by atoms with E-state index in [1.165, 1.54) is 28.0 Å². The first-order valence-corrected chi connectivity index (χ1v) is 14.1. The van der Waals surface area contributed by atoms with Gasteiger partial charge in [0, 0.05) is 17.5 Å². The van der Waals surface area contributed by atoms with Crippen LogP contribution < -0.4 is 19.5 Å². The van der Waals surface area contributed by atoms with Gasteiger partial charge in [-0.3, -0.25) is 4.79 Å². The highest BCUT2D eigenvalue weighted by molar-refractivity contribution is 7.99. The number of nitrogens with one attached hydrogen (secondary N) is 1. The first kappa shape index (κ1) is 27.8. The minimum atomic E-state index is -0.185. The number of benzene rings is 1. The highest BCUT2D eigenvalue weighted by atomic mass is 32.2. The molecule has 0 spiro atoms. The molecule has 0 fully saturated rings. The number of amides is 1. The second-order valence-electron chi connectivity index (χ2n) is 10.2. The molecule has 38 heavy (non-hydrogen) atoms. The summed E-state index contributed by atoms with van der Waals surface area (Å²) < 4.78 is 18.1. The van der Waals surface area contributed by atoms with E-state index in [-0.39, 0.29) is 17.1 Å². The number of aromatic nitrogens is 3. The lowest BCUT2D eigenvalue weighted by molar-refractivity contribution is -0.113. The number of thiophene rings is 1. The van der Waals surface area contributed by atoms with Crippen molar-refractivity contribution in [1.29, 1.82) is 5.26 Å². The minimum absolute atomic E-state index is 0.138. The predicted molar refractivity (Wildman–Crippen MR) is 149 cm³/mol. The Labute approximate surface area is 231 Å². The number of hydrogen-bond acceptors (Lipinski definition) is 9. The van der Waals surface area contributed by atoms with E-state index in [0.717, 1.165) is 30.4 Å². The molecule has 1 aliphatic rings. The summed E-state index contributed by atoms with van der Waals surface area (Å²) in [4.78, 5) is 14.1. The topological polar surface area (TPSA) is 111 Å². The molecule has 0 saturated carbocycles. The smallest absolute Gasteiger partial charge is 0.235 e. The highest BCUT2D eigenvalue weighted by Crippen LogP contribution is 2.44. The number of thioether (sulfide) groups is 1. The summed E-state index contributed by atoms with van der Waals surface area (Å²) in [6, 6.07) is 5.94. The molecule has 2 heterocycles. The van der Waals surface area contributed by atoms with E-state index < -0.39 is 0 Å². The van der Waals surface area contributed by atoms with Crippen LogP contribution >= 0.6 is 23.1 Å². The van der Waals surface area contributed by atoms with E-state index in [4.69, 9.17) is 14.2 Å². The summed E-state index contributed by atoms with van der Waals surface area (Å²) in [5.74, 6) is 2.63. The monoisotopic (exact) mass is 555 g/mol. The van der Waals surface area contributed by atoms with Gasteiger partial charge in [0.05, 0.1) is 32.6 Å². The fourth-order valence-corrected chi connectivity index (χ4v) is 6.73. The Morgan fingerprint density at radius 3 is 2.47 bits per heavy atom. The number of methoxy groups -OCH3 is 3. The van der Waals surface area contributed by atoms with Gasteiger partial charge in [-0.15, -0.1) is 21.5 Å². The summed E-state index contributed by atoms with van der Waals surface area (Å²) in [5, 5.41) is 22.6. The van der Waals surface area contributed by atoms with Crippen LogP contribution in [0.15, 0.2) is 17.3 Å². The SMILES string of the molecule is COc1cc(-c2nnc(SCC(=O)Nc3sc4c(c3C#N)CCC(C(C)(C)C)C4)n2C)cc(OC)c1OC. The number of nitrogens with zero attached hydrogens (tertiary/aromatic N) is 4. The molecule has 1 atom stereocenters. The van der Waals surface area contributed by atoms with Gasteiger partial charge in [-0.05, 0) is 48.3 Å². The number of carbonyl (C=O) groups is 1. The van der Waals surface area contributed by atoms with Crippen LogP contribution in [-0.4, -0.2) is 47.8 Å². The molecule has 2 aromatic heterocycles. The zero-order valence-electron chi connectivity index (χ0n) is 22.8. The molecule has 1 aromatic carbocycles. The van der Waals surface area contributed by atoms with Crippen LogP contribution in [0, 0.1) is 22.7 Å². The molecule has 11 heteroatoms. The van der Waals surface area contributed by atoms with E-state index in [1.807, 2.05) is 11.6 Å². The molecular formula is C27H33N5O4S2. The molecule has 1 amide bonds. The Morgan fingerprint density at radius 2 is 1.89 bits per heavy atom. The van der Waals surface area contributed by atoms with Crippen molar-refractivity contribution in [3.05, 3.63) is 28.1 Å². The van der Waals surface area contributed by atoms with Gasteiger partial charge in [0.2, 0.25) is 11.7 Å². The molecule has 0 saturated heterocycles. The average Bonchev–Trinajstić information content (AvgIpc) is 3.44. The molecule has 9 nitrogen and oxygen atoms in total. The number of fused-ring (bicyclic) bond motifs is 1. The van der Waals surface area contributed by atoms with Gasteiger partial charge in [0.25, 0.3) is 0 Å². The third kappa shape index (κ3) is 5.47. The van der Waals surface area contributed by atoms with E-state index in [9.17, 15) is 10.1 Å². The Morgan fingerprint density at radius 1 is 1.21 bits per heavy atom. The molecule has 1 unspecified atom stereocenters. The molecule has 0 radical (unpaired) electrons. The maximum Gasteiger partial charge on any atom is 0.235 e. The number of anilines is 1. The Hall–Kier alpha value is -3.23. The standard InChI is InChI=1S/C27H33N5O4S2/c1-27(2,3)16-8-9-17-18(13-28)25(38-21(17)12-16)29-22(33)14-37-26-31-30-24(32(26)4)15-10-19(34-5)23(36-7)20(11-15)35-6/h10-11,16H,8-9,12,14H2,1-7H3,(H,29,33). The van der Waals surface area contributed by atoms with Gasteiger partial charge in [0.1, 0.15) is 11.1 Å². The van der Waals surface area contributed by atoms with Crippen molar-refractivity contribution in [2.45, 2.75) is 45.2 Å². The van der Waals surface area contributed by atoms with Crippen LogP contribution in [0.4, 0.5) is 5.00 Å². The van der Waals surface area contributed by atoms with Crippen molar-refractivity contribution in [3.63, 3.8) is 0 Å². The van der Waals surface area contributed by atoms with E-state index in [1.54, 1.807) is 33.5 Å². The normalized spacial score (nSPS) is 14.9. The van der Waals surface area contributed by atoms with Crippen LogP contribution in [0.3, 0.4) is 0 Å². The summed E-state index contributed by atoms with van der Waals surface area (Å²) in [5.41, 5.74) is 2.66. The first-order valence-electron chi connectivity index (χ1n) is 12.3. The van der Waals surface area contributed by atoms with E-state index in [0.29, 0.717) is 44.7 Å². The zero-order valence-corrected chi connectivity index (χ0v) is 24.4. The first-order chi connectivity index (χ1) is 18.1. The lowest BCUT2D eigenvalue weighted by atomic mass is 9.72. The van der Waals surface area contributed by atoms with Gasteiger partial charge in [-0.1, -0.05) is 32.5 Å². The number of nitriles is 1. The Kier molecular flexibility index (Phi) is 8.23. The number of carbonyl (C=O) groups excluding carboxylic acids is 1.